The van der Waals surface area contributed by atoms with E-state index in [-0.39, 0.29) is 51.5 Å². The van der Waals surface area contributed by atoms with Crippen molar-refractivity contribution < 1.29 is 13.6 Å². The number of pyridine rings is 2. The molecule has 37 heavy (non-hydrogen) atoms. The minimum Gasteiger partial charge on any atom is -0.349 e. The molecule has 7 nitrogen and oxygen atoms in total. The maximum atomic E-state index is 15.4. The Morgan fingerprint density at radius 3 is 2.68 bits per heavy atom. The summed E-state index contributed by atoms with van der Waals surface area (Å²) in [5, 5.41) is 3.48. The lowest BCUT2D eigenvalue weighted by atomic mass is 9.85. The van der Waals surface area contributed by atoms with Gasteiger partial charge in [-0.05, 0) is 56.7 Å². The first-order valence-corrected chi connectivity index (χ1v) is 12.6. The van der Waals surface area contributed by atoms with Crippen molar-refractivity contribution in [2.45, 2.75) is 51.1 Å². The molecule has 10 heteroatoms. The number of benzene rings is 1. The van der Waals surface area contributed by atoms with Crippen molar-refractivity contribution in [2.24, 2.45) is 5.92 Å². The van der Waals surface area contributed by atoms with Crippen molar-refractivity contribution in [1.82, 2.24) is 24.4 Å². The monoisotopic (exact) mass is 523 g/mol. The second-order valence-electron chi connectivity index (χ2n) is 9.83. The highest BCUT2D eigenvalue weighted by Crippen LogP contribution is 2.45. The number of nitrogens with zero attached hydrogens (tertiary/aromatic N) is 4. The molecule has 1 N–H and O–H groups in total. The van der Waals surface area contributed by atoms with E-state index in [1.165, 1.54) is 33.7 Å². The third-order valence-corrected chi connectivity index (χ3v) is 7.76. The van der Waals surface area contributed by atoms with E-state index in [4.69, 9.17) is 11.6 Å². The number of carbonyl (C=O) groups excluding carboxylic acids is 1. The fraction of sp³-hybridized carbons (Fsp3) is 0.333. The number of fused-ring (bicyclic) bond motifs is 2. The smallest absolute Gasteiger partial charge is 0.334 e. The number of imidazole rings is 1. The zero-order chi connectivity index (χ0) is 25.9. The van der Waals surface area contributed by atoms with Gasteiger partial charge in [-0.1, -0.05) is 29.8 Å². The molecule has 1 aliphatic carbocycles. The zero-order valence-electron chi connectivity index (χ0n) is 20.0. The summed E-state index contributed by atoms with van der Waals surface area (Å²) in [6, 6.07) is 9.03. The van der Waals surface area contributed by atoms with Crippen LogP contribution in [-0.2, 0) is 12.5 Å². The Morgan fingerprint density at radius 1 is 1.14 bits per heavy atom. The molecule has 1 amide bonds. The molecule has 0 radical (unpaired) electrons. The van der Waals surface area contributed by atoms with Crippen molar-refractivity contribution in [2.75, 3.05) is 0 Å². The number of rotatable bonds is 4. The van der Waals surface area contributed by atoms with Crippen molar-refractivity contribution in [1.29, 1.82) is 0 Å². The lowest BCUT2D eigenvalue weighted by molar-refractivity contribution is 0.0424. The van der Waals surface area contributed by atoms with Crippen molar-refractivity contribution in [3.8, 4) is 5.69 Å². The molecule has 1 aliphatic heterocycles. The number of para-hydroxylation sites is 1. The number of nitrogens with one attached hydrogen (secondary N) is 1. The molecule has 1 aromatic carbocycles. The summed E-state index contributed by atoms with van der Waals surface area (Å²) in [6.07, 6.45) is 5.91. The quantitative estimate of drug-likeness (QED) is 0.409. The molecule has 3 aromatic heterocycles. The third kappa shape index (κ3) is 3.83. The second kappa shape index (κ2) is 8.76. The summed E-state index contributed by atoms with van der Waals surface area (Å²) in [7, 11) is 0. The topological polar surface area (TPSA) is 81.8 Å². The van der Waals surface area contributed by atoms with E-state index in [9.17, 15) is 9.59 Å². The Labute approximate surface area is 216 Å². The summed E-state index contributed by atoms with van der Waals surface area (Å²) < 4.78 is 33.6. The van der Waals surface area contributed by atoms with Gasteiger partial charge in [0.05, 0.1) is 27.5 Å². The molecular formula is C27H24ClF2N5O2. The molecule has 1 fully saturated rings. The molecule has 0 saturated heterocycles. The number of alkyl halides is 2. The van der Waals surface area contributed by atoms with E-state index in [1.54, 1.807) is 31.2 Å². The summed E-state index contributed by atoms with van der Waals surface area (Å²) >= 11 is 6.00. The van der Waals surface area contributed by atoms with Crippen LogP contribution in [0.3, 0.4) is 0 Å². The van der Waals surface area contributed by atoms with Crippen LogP contribution in [0.1, 0.15) is 52.9 Å². The first kappa shape index (κ1) is 23.8. The van der Waals surface area contributed by atoms with Gasteiger partial charge in [-0.3, -0.25) is 18.9 Å². The molecule has 1 saturated carbocycles. The van der Waals surface area contributed by atoms with Gasteiger partial charge in [-0.15, -0.1) is 0 Å². The molecule has 6 rings (SSSR count). The highest BCUT2D eigenvalue weighted by Gasteiger charge is 2.44. The van der Waals surface area contributed by atoms with Crippen LogP contribution in [0, 0.1) is 12.8 Å². The van der Waals surface area contributed by atoms with Gasteiger partial charge >= 0.3 is 11.6 Å². The summed E-state index contributed by atoms with van der Waals surface area (Å²) in [6.45, 7) is 2.14. The average Bonchev–Trinajstić information content (AvgIpc) is 3.17. The molecular weight excluding hydrogens is 500 g/mol. The Kier molecular flexibility index (Phi) is 5.63. The molecule has 2 aliphatic rings. The van der Waals surface area contributed by atoms with E-state index < -0.39 is 5.92 Å². The van der Waals surface area contributed by atoms with Gasteiger partial charge in [-0.25, -0.2) is 9.78 Å². The van der Waals surface area contributed by atoms with E-state index in [0.717, 1.165) is 25.7 Å². The van der Waals surface area contributed by atoms with Crippen molar-refractivity contribution in [3.63, 3.8) is 0 Å². The van der Waals surface area contributed by atoms with Gasteiger partial charge in [0, 0.05) is 30.5 Å². The fourth-order valence-corrected chi connectivity index (χ4v) is 5.79. The Hall–Kier alpha value is -3.59. The van der Waals surface area contributed by atoms with Crippen LogP contribution < -0.4 is 11.0 Å². The standard InChI is InChI=1S/C27H24ClF2N5O2/c1-15-19(12-17(28)13-32-15)25(36)33-18-8-6-16(7-9-18)14-34-24-23-21(10-11-31-24)27(29,30)20-4-2-3-5-22(20)35(23)26(34)37/h2-5,10-13,16,18H,6-9,14H2,1H3,(H,33,36). The molecule has 0 atom stereocenters. The Bertz CT molecular complexity index is 1600. The summed E-state index contributed by atoms with van der Waals surface area (Å²) in [4.78, 5) is 34.8. The van der Waals surface area contributed by atoms with E-state index in [0.29, 0.717) is 22.8 Å². The third-order valence-electron chi connectivity index (χ3n) is 7.55. The molecule has 0 bridgehead atoms. The molecule has 190 valence electrons. The van der Waals surface area contributed by atoms with Gasteiger partial charge < -0.3 is 5.32 Å². The van der Waals surface area contributed by atoms with Gasteiger partial charge in [0.25, 0.3) is 5.91 Å². The number of amides is 1. The maximum absolute atomic E-state index is 15.4. The van der Waals surface area contributed by atoms with Crippen molar-refractivity contribution in [3.05, 3.63) is 86.7 Å². The second-order valence-corrected chi connectivity index (χ2v) is 10.3. The van der Waals surface area contributed by atoms with E-state index >= 15 is 8.78 Å². The highest BCUT2D eigenvalue weighted by atomic mass is 35.5. The number of hydrogen-bond donors (Lipinski definition) is 1. The van der Waals surface area contributed by atoms with Gasteiger partial charge in [0.1, 0.15) is 5.52 Å². The van der Waals surface area contributed by atoms with Crippen LogP contribution >= 0.6 is 11.6 Å². The molecule has 4 aromatic rings. The number of carbonyl (C=O) groups is 1. The fourth-order valence-electron chi connectivity index (χ4n) is 5.64. The lowest BCUT2D eigenvalue weighted by Gasteiger charge is -2.29. The van der Waals surface area contributed by atoms with E-state index in [2.05, 4.69) is 15.3 Å². The van der Waals surface area contributed by atoms with Crippen LogP contribution in [0.2, 0.25) is 5.02 Å². The molecule has 0 spiro atoms. The zero-order valence-corrected chi connectivity index (χ0v) is 20.8. The number of aromatic nitrogens is 4. The van der Waals surface area contributed by atoms with Crippen LogP contribution in [0.4, 0.5) is 8.78 Å². The maximum Gasteiger partial charge on any atom is 0.334 e. The lowest BCUT2D eigenvalue weighted by Crippen LogP contribution is -2.39. The largest absolute Gasteiger partial charge is 0.349 e. The van der Waals surface area contributed by atoms with Crippen molar-refractivity contribution >= 4 is 28.7 Å². The summed E-state index contributed by atoms with van der Waals surface area (Å²) in [5.41, 5.74) is 0.955. The first-order chi connectivity index (χ1) is 17.8. The number of aryl methyl sites for hydroxylation is 1. The van der Waals surface area contributed by atoms with Crippen LogP contribution in [-0.4, -0.2) is 31.1 Å². The van der Waals surface area contributed by atoms with Crippen LogP contribution in [0.15, 0.2) is 53.6 Å². The van der Waals surface area contributed by atoms with Gasteiger partial charge in [-0.2, -0.15) is 8.78 Å². The minimum absolute atomic E-state index is 0.00224. The minimum atomic E-state index is -3.22. The van der Waals surface area contributed by atoms with Gasteiger partial charge in [0.2, 0.25) is 0 Å². The Balaban J connectivity index is 1.23. The number of halogens is 3. The number of hydrogen-bond acceptors (Lipinski definition) is 4. The van der Waals surface area contributed by atoms with Crippen LogP contribution in [0.25, 0.3) is 16.9 Å². The highest BCUT2D eigenvalue weighted by molar-refractivity contribution is 6.30. The molecule has 0 unspecified atom stereocenters. The summed E-state index contributed by atoms with van der Waals surface area (Å²) in [5.74, 6) is -3.27. The first-order valence-electron chi connectivity index (χ1n) is 12.3. The predicted molar refractivity (Wildman–Crippen MR) is 136 cm³/mol. The molecule has 4 heterocycles. The average molecular weight is 524 g/mol. The van der Waals surface area contributed by atoms with Gasteiger partial charge in [0.15, 0.2) is 5.65 Å². The normalized spacial score (nSPS) is 20.0. The Morgan fingerprint density at radius 2 is 1.89 bits per heavy atom. The predicted octanol–water partition coefficient (Wildman–Crippen LogP) is 4.99. The van der Waals surface area contributed by atoms with E-state index in [1.807, 2.05) is 0 Å². The van der Waals surface area contributed by atoms with Crippen LogP contribution in [0.5, 0.6) is 0 Å². The SMILES string of the molecule is Cc1ncc(Cl)cc1C(=O)NC1CCC(Cn2c(=O)n3c4c(ccnc42)C(F)(F)c2ccccc2-3)CC1.